The van der Waals surface area contributed by atoms with Gasteiger partial charge in [0.25, 0.3) is 5.91 Å². The second kappa shape index (κ2) is 9.79. The number of nitrogens with zero attached hydrogens (tertiary/aromatic N) is 5. The smallest absolute Gasteiger partial charge is 0.303 e. The number of hydrazine groups is 1. The molecule has 0 aliphatic carbocycles. The Morgan fingerprint density at radius 3 is 2.64 bits per heavy atom. The van der Waals surface area contributed by atoms with Gasteiger partial charge in [-0.15, -0.1) is 0 Å². The second-order valence-electron chi connectivity index (χ2n) is 9.03. The molecule has 1 N–H and O–H groups in total. The molecule has 8 nitrogen and oxygen atoms in total. The van der Waals surface area contributed by atoms with Crippen LogP contribution in [0.1, 0.15) is 22.6 Å². The lowest BCUT2D eigenvalue weighted by Gasteiger charge is -2.35. The van der Waals surface area contributed by atoms with Crippen molar-refractivity contribution in [3.63, 3.8) is 0 Å². The summed E-state index contributed by atoms with van der Waals surface area (Å²) in [6.07, 6.45) is 4.04. The number of rotatable bonds is 6. The number of hydrogen-bond acceptors (Lipinski definition) is 4. The number of benzene rings is 3. The van der Waals surface area contributed by atoms with Gasteiger partial charge in [-0.2, -0.15) is 0 Å². The zero-order valence-electron chi connectivity index (χ0n) is 20.2. The maximum Gasteiger partial charge on any atom is 0.343 e. The maximum atomic E-state index is 15.3. The Morgan fingerprint density at radius 2 is 1.86 bits per heavy atom. The summed E-state index contributed by atoms with van der Waals surface area (Å²) < 4.78 is 17.1. The van der Waals surface area contributed by atoms with E-state index in [4.69, 9.17) is 0 Å². The Hall–Kier alpha value is -4.24. The second-order valence-corrected chi connectivity index (χ2v) is 9.03. The molecule has 0 saturated carbocycles. The molecule has 4 aromatic rings. The van der Waals surface area contributed by atoms with Crippen LogP contribution in [0.2, 0.25) is 0 Å². The van der Waals surface area contributed by atoms with Gasteiger partial charge in [0, 0.05) is 42.8 Å². The fourth-order valence-corrected chi connectivity index (χ4v) is 4.40. The largest absolute Gasteiger partial charge is 0.343 e. The zero-order valence-corrected chi connectivity index (χ0v) is 20.2. The van der Waals surface area contributed by atoms with Gasteiger partial charge in [-0.3, -0.25) is 15.1 Å². The van der Waals surface area contributed by atoms with Gasteiger partial charge in [0.15, 0.2) is 0 Å². The van der Waals surface area contributed by atoms with E-state index >= 15 is 4.39 Å². The monoisotopic (exact) mass is 486 g/mol. The highest BCUT2D eigenvalue weighted by Crippen LogP contribution is 2.26. The number of anilines is 1. The highest BCUT2D eigenvalue weighted by Gasteiger charge is 2.30. The van der Waals surface area contributed by atoms with Gasteiger partial charge >= 0.3 is 6.03 Å². The van der Waals surface area contributed by atoms with E-state index in [1.807, 2.05) is 53.9 Å². The molecule has 1 aliphatic rings. The number of hydrogen-bond donors (Lipinski definition) is 1. The Balaban J connectivity index is 1.33. The highest BCUT2D eigenvalue weighted by atomic mass is 19.1. The zero-order chi connectivity index (χ0) is 25.2. The first kappa shape index (κ1) is 23.5. The summed E-state index contributed by atoms with van der Waals surface area (Å²) in [4.78, 5) is 33.8. The fraction of sp³-hybridized carbons (Fsp3) is 0.222. The lowest BCUT2D eigenvalue weighted by molar-refractivity contribution is 0.0819. The van der Waals surface area contributed by atoms with E-state index < -0.39 is 11.8 Å². The van der Waals surface area contributed by atoms with E-state index in [1.165, 1.54) is 16.0 Å². The van der Waals surface area contributed by atoms with Crippen molar-refractivity contribution in [3.8, 4) is 5.69 Å². The van der Waals surface area contributed by atoms with Crippen molar-refractivity contribution >= 4 is 28.4 Å². The summed E-state index contributed by atoms with van der Waals surface area (Å²) in [5, 5.41) is 3.21. The highest BCUT2D eigenvalue weighted by molar-refractivity contribution is 6.00. The standard InChI is InChI=1S/C27H27FN6O2/c1-31(2)18-25-29-12-15-32(25)22-10-11-24(23(28)17-22)33-13-5-14-34(27(33)36)30-26(35)21-9-8-19-6-3-4-7-20(19)16-21/h3-4,6-12,15-17H,5,13-14,18H2,1-2H3,(H,30,35). The molecule has 0 unspecified atom stereocenters. The van der Waals surface area contributed by atoms with Crippen LogP contribution in [-0.2, 0) is 6.54 Å². The third kappa shape index (κ3) is 4.65. The Labute approximate surface area is 208 Å². The van der Waals surface area contributed by atoms with Crippen LogP contribution in [0.3, 0.4) is 0 Å². The van der Waals surface area contributed by atoms with Crippen molar-refractivity contribution in [2.45, 2.75) is 13.0 Å². The molecule has 0 bridgehead atoms. The summed E-state index contributed by atoms with van der Waals surface area (Å²) in [7, 11) is 3.88. The van der Waals surface area contributed by atoms with Gasteiger partial charge < -0.3 is 9.47 Å². The summed E-state index contributed by atoms with van der Waals surface area (Å²) in [5.74, 6) is -0.128. The number of nitrogens with one attached hydrogen (secondary N) is 1. The Bertz CT molecular complexity index is 1430. The average Bonchev–Trinajstić information content (AvgIpc) is 3.32. The van der Waals surface area contributed by atoms with E-state index in [2.05, 4.69) is 10.4 Å². The third-order valence-corrected chi connectivity index (χ3v) is 6.15. The van der Waals surface area contributed by atoms with Gasteiger partial charge in [-0.25, -0.2) is 19.2 Å². The third-order valence-electron chi connectivity index (χ3n) is 6.15. The molecule has 36 heavy (non-hydrogen) atoms. The van der Waals surface area contributed by atoms with Gasteiger partial charge in [-0.1, -0.05) is 30.3 Å². The summed E-state index contributed by atoms with van der Waals surface area (Å²) >= 11 is 0. The van der Waals surface area contributed by atoms with E-state index in [9.17, 15) is 9.59 Å². The molecule has 3 aromatic carbocycles. The topological polar surface area (TPSA) is 73.7 Å². The Morgan fingerprint density at radius 1 is 1.06 bits per heavy atom. The van der Waals surface area contributed by atoms with E-state index in [0.29, 0.717) is 37.3 Å². The predicted octanol–water partition coefficient (Wildman–Crippen LogP) is 4.20. The molecule has 2 heterocycles. The molecule has 0 atom stereocenters. The van der Waals surface area contributed by atoms with Crippen LogP contribution in [0.5, 0.6) is 0 Å². The normalized spacial score (nSPS) is 14.1. The molecule has 5 rings (SSSR count). The lowest BCUT2D eigenvalue weighted by atomic mass is 10.1. The first-order valence-electron chi connectivity index (χ1n) is 11.8. The van der Waals surface area contributed by atoms with Crippen LogP contribution < -0.4 is 10.3 Å². The number of aromatic nitrogens is 2. The fourth-order valence-electron chi connectivity index (χ4n) is 4.40. The minimum absolute atomic E-state index is 0.169. The molecule has 1 saturated heterocycles. The molecule has 184 valence electrons. The number of fused-ring (bicyclic) bond motifs is 1. The van der Waals surface area contributed by atoms with Gasteiger partial charge in [0.2, 0.25) is 0 Å². The number of urea groups is 1. The molecular weight excluding hydrogens is 459 g/mol. The molecule has 1 fully saturated rings. The van der Waals surface area contributed by atoms with Crippen molar-refractivity contribution < 1.29 is 14.0 Å². The number of carbonyl (C=O) groups excluding carboxylic acids is 2. The molecular formula is C27H27FN6O2. The van der Waals surface area contributed by atoms with Crippen molar-refractivity contribution in [2.24, 2.45) is 0 Å². The lowest BCUT2D eigenvalue weighted by Crippen LogP contribution is -2.56. The van der Waals surface area contributed by atoms with Crippen LogP contribution in [0.4, 0.5) is 14.9 Å². The van der Waals surface area contributed by atoms with Crippen molar-refractivity contribution in [1.29, 1.82) is 0 Å². The summed E-state index contributed by atoms with van der Waals surface area (Å²) in [6, 6.07) is 17.4. The van der Waals surface area contributed by atoms with Gasteiger partial charge in [0.05, 0.1) is 12.2 Å². The quantitative estimate of drug-likeness (QED) is 0.443. The molecule has 0 spiro atoms. The number of halogens is 1. The van der Waals surface area contributed by atoms with Crippen LogP contribution >= 0.6 is 0 Å². The van der Waals surface area contributed by atoms with Crippen LogP contribution in [0, 0.1) is 5.82 Å². The van der Waals surface area contributed by atoms with E-state index in [-0.39, 0.29) is 11.6 Å². The number of carbonyl (C=O) groups is 2. The molecule has 0 radical (unpaired) electrons. The average molecular weight is 487 g/mol. The van der Waals surface area contributed by atoms with E-state index in [1.54, 1.807) is 36.7 Å². The maximum absolute atomic E-state index is 15.3. The minimum atomic E-state index is -0.520. The van der Waals surface area contributed by atoms with Crippen LogP contribution in [0.15, 0.2) is 73.1 Å². The van der Waals surface area contributed by atoms with Crippen LogP contribution in [-0.4, -0.2) is 58.6 Å². The van der Waals surface area contributed by atoms with Gasteiger partial charge in [-0.05, 0) is 55.6 Å². The number of imidazole rings is 1. The molecule has 1 aromatic heterocycles. The summed E-state index contributed by atoms with van der Waals surface area (Å²) in [6.45, 7) is 1.30. The van der Waals surface area contributed by atoms with Crippen molar-refractivity contribution in [1.82, 2.24) is 24.9 Å². The van der Waals surface area contributed by atoms with Gasteiger partial charge in [0.1, 0.15) is 11.6 Å². The summed E-state index contributed by atoms with van der Waals surface area (Å²) in [5.41, 5.74) is 3.93. The minimum Gasteiger partial charge on any atom is -0.303 e. The van der Waals surface area contributed by atoms with Crippen molar-refractivity contribution in [3.05, 3.63) is 90.3 Å². The van der Waals surface area contributed by atoms with Crippen molar-refractivity contribution in [2.75, 3.05) is 32.1 Å². The molecule has 1 aliphatic heterocycles. The van der Waals surface area contributed by atoms with E-state index in [0.717, 1.165) is 16.6 Å². The predicted molar refractivity (Wildman–Crippen MR) is 136 cm³/mol. The first-order valence-corrected chi connectivity index (χ1v) is 11.8. The van der Waals surface area contributed by atoms with Crippen LogP contribution in [0.25, 0.3) is 16.5 Å². The molecule has 3 amide bonds. The number of amides is 3. The SMILES string of the molecule is CN(C)Cc1nccn1-c1ccc(N2CCCN(NC(=O)c3ccc4ccccc4c3)C2=O)c(F)c1. The molecule has 9 heteroatoms. The Kier molecular flexibility index (Phi) is 6.39. The first-order chi connectivity index (χ1) is 17.4.